The van der Waals surface area contributed by atoms with E-state index >= 15 is 0 Å². The Morgan fingerprint density at radius 3 is 2.00 bits per heavy atom. The number of carbonyl (C=O) groups is 2. The van der Waals surface area contributed by atoms with Crippen LogP contribution in [0.5, 0.6) is 0 Å². The number of hydrogen-bond donors (Lipinski definition) is 3. The van der Waals surface area contributed by atoms with Gasteiger partial charge in [0.2, 0.25) is 5.91 Å². The molecule has 0 heterocycles. The number of rotatable bonds is 4. The van der Waals surface area contributed by atoms with Gasteiger partial charge in [-0.15, -0.1) is 0 Å². The van der Waals surface area contributed by atoms with E-state index in [0.717, 1.165) is 5.57 Å². The van der Waals surface area contributed by atoms with Crippen molar-refractivity contribution in [3.63, 3.8) is 0 Å². The van der Waals surface area contributed by atoms with Crippen LogP contribution in [0.2, 0.25) is 0 Å². The van der Waals surface area contributed by atoms with Crippen molar-refractivity contribution in [2.45, 2.75) is 13.8 Å². The number of anilines is 3. The summed E-state index contributed by atoms with van der Waals surface area (Å²) < 4.78 is 0. The lowest BCUT2D eigenvalue weighted by molar-refractivity contribution is -0.111. The van der Waals surface area contributed by atoms with Crippen molar-refractivity contribution in [2.75, 3.05) is 16.0 Å². The van der Waals surface area contributed by atoms with Crippen molar-refractivity contribution in [1.29, 1.82) is 0 Å². The quantitative estimate of drug-likeness (QED) is 0.739. The Labute approximate surface area is 135 Å². The SMILES string of the molecule is CC(C)=CC(=O)Nc1cccc(NC(=O)Nc2ccccc2)c1. The largest absolute Gasteiger partial charge is 0.323 e. The molecule has 5 heteroatoms. The minimum Gasteiger partial charge on any atom is -0.322 e. The molecule has 2 rings (SSSR count). The highest BCUT2D eigenvalue weighted by atomic mass is 16.2. The van der Waals surface area contributed by atoms with Crippen LogP contribution >= 0.6 is 0 Å². The van der Waals surface area contributed by atoms with Crippen LogP contribution in [0.4, 0.5) is 21.9 Å². The molecule has 0 spiro atoms. The third-order valence-corrected chi connectivity index (χ3v) is 2.84. The second-order valence-electron chi connectivity index (χ2n) is 5.24. The molecule has 0 unspecified atom stereocenters. The van der Waals surface area contributed by atoms with E-state index < -0.39 is 0 Å². The molecule has 2 aromatic carbocycles. The van der Waals surface area contributed by atoms with Crippen molar-refractivity contribution < 1.29 is 9.59 Å². The van der Waals surface area contributed by atoms with Gasteiger partial charge < -0.3 is 16.0 Å². The predicted molar refractivity (Wildman–Crippen MR) is 93.6 cm³/mol. The molecule has 0 aromatic heterocycles. The first kappa shape index (κ1) is 16.3. The highest BCUT2D eigenvalue weighted by Gasteiger charge is 2.04. The van der Waals surface area contributed by atoms with Crippen molar-refractivity contribution in [2.24, 2.45) is 0 Å². The smallest absolute Gasteiger partial charge is 0.322 e. The third kappa shape index (κ3) is 5.67. The van der Waals surface area contributed by atoms with Gasteiger partial charge >= 0.3 is 6.03 Å². The lowest BCUT2D eigenvalue weighted by Crippen LogP contribution is -2.19. The average molecular weight is 309 g/mol. The van der Waals surface area contributed by atoms with Crippen LogP contribution < -0.4 is 16.0 Å². The number of hydrogen-bond acceptors (Lipinski definition) is 2. The highest BCUT2D eigenvalue weighted by molar-refractivity contribution is 6.02. The predicted octanol–water partition coefficient (Wildman–Crippen LogP) is 4.24. The van der Waals surface area contributed by atoms with Crippen LogP contribution in [0.25, 0.3) is 0 Å². The summed E-state index contributed by atoms with van der Waals surface area (Å²) in [5.41, 5.74) is 2.83. The van der Waals surface area contributed by atoms with Crippen molar-refractivity contribution >= 4 is 29.0 Å². The van der Waals surface area contributed by atoms with Gasteiger partial charge in [-0.2, -0.15) is 0 Å². The molecule has 3 amide bonds. The van der Waals surface area contributed by atoms with E-state index in [-0.39, 0.29) is 11.9 Å². The normalized spacial score (nSPS) is 9.65. The van der Waals surface area contributed by atoms with Crippen LogP contribution in [-0.2, 0) is 4.79 Å². The highest BCUT2D eigenvalue weighted by Crippen LogP contribution is 2.16. The minimum atomic E-state index is -0.344. The van der Waals surface area contributed by atoms with Gasteiger partial charge in [-0.1, -0.05) is 29.8 Å². The first-order valence-electron chi connectivity index (χ1n) is 7.22. The zero-order valence-corrected chi connectivity index (χ0v) is 13.1. The Kier molecular flexibility index (Phi) is 5.52. The molecule has 0 bridgehead atoms. The molecule has 2 aromatic rings. The summed E-state index contributed by atoms with van der Waals surface area (Å²) in [6, 6.07) is 15.8. The molecule has 0 radical (unpaired) electrons. The molecule has 5 nitrogen and oxygen atoms in total. The van der Waals surface area contributed by atoms with Crippen molar-refractivity contribution in [3.05, 3.63) is 66.2 Å². The fraction of sp³-hybridized carbons (Fsp3) is 0.111. The summed E-state index contributed by atoms with van der Waals surface area (Å²) >= 11 is 0. The summed E-state index contributed by atoms with van der Waals surface area (Å²) in [6.07, 6.45) is 1.52. The Morgan fingerprint density at radius 1 is 0.783 bits per heavy atom. The van der Waals surface area contributed by atoms with Gasteiger partial charge in [0.1, 0.15) is 0 Å². The van der Waals surface area contributed by atoms with Crippen LogP contribution in [0, 0.1) is 0 Å². The molecular weight excluding hydrogens is 290 g/mol. The minimum absolute atomic E-state index is 0.198. The van der Waals surface area contributed by atoms with E-state index in [2.05, 4.69) is 16.0 Å². The van der Waals surface area contributed by atoms with E-state index in [1.165, 1.54) is 6.08 Å². The first-order chi connectivity index (χ1) is 11.0. The van der Waals surface area contributed by atoms with Crippen LogP contribution in [-0.4, -0.2) is 11.9 Å². The Hall–Kier alpha value is -3.08. The number of nitrogens with one attached hydrogen (secondary N) is 3. The third-order valence-electron chi connectivity index (χ3n) is 2.84. The molecule has 0 fully saturated rings. The van der Waals surface area contributed by atoms with Crippen molar-refractivity contribution in [1.82, 2.24) is 0 Å². The average Bonchev–Trinajstić information content (AvgIpc) is 2.47. The van der Waals surface area contributed by atoms with Gasteiger partial charge in [-0.25, -0.2) is 4.79 Å². The summed E-state index contributed by atoms with van der Waals surface area (Å²) in [7, 11) is 0. The summed E-state index contributed by atoms with van der Waals surface area (Å²) in [6.45, 7) is 3.71. The molecule has 118 valence electrons. The maximum absolute atomic E-state index is 11.9. The monoisotopic (exact) mass is 309 g/mol. The van der Waals surface area contributed by atoms with E-state index in [0.29, 0.717) is 17.1 Å². The summed E-state index contributed by atoms with van der Waals surface area (Å²) in [4.78, 5) is 23.7. The van der Waals surface area contributed by atoms with Crippen LogP contribution in [0.3, 0.4) is 0 Å². The van der Waals surface area contributed by atoms with Gasteiger partial charge in [0, 0.05) is 23.1 Å². The molecule has 0 aliphatic heterocycles. The molecule has 0 saturated carbocycles. The lowest BCUT2D eigenvalue weighted by Gasteiger charge is -2.09. The maximum atomic E-state index is 11.9. The Bertz CT molecular complexity index is 720. The zero-order valence-electron chi connectivity index (χ0n) is 13.1. The molecule has 0 aliphatic rings. The number of urea groups is 1. The molecule has 0 aliphatic carbocycles. The lowest BCUT2D eigenvalue weighted by atomic mass is 10.2. The van der Waals surface area contributed by atoms with Gasteiger partial charge in [0.15, 0.2) is 0 Å². The summed E-state index contributed by atoms with van der Waals surface area (Å²) in [5, 5.41) is 8.21. The number of benzene rings is 2. The van der Waals surface area contributed by atoms with Gasteiger partial charge in [0.25, 0.3) is 0 Å². The van der Waals surface area contributed by atoms with E-state index in [9.17, 15) is 9.59 Å². The van der Waals surface area contributed by atoms with Crippen LogP contribution in [0.15, 0.2) is 66.2 Å². The van der Waals surface area contributed by atoms with E-state index in [1.807, 2.05) is 32.0 Å². The zero-order chi connectivity index (χ0) is 16.7. The fourth-order valence-corrected chi connectivity index (χ4v) is 1.93. The standard InChI is InChI=1S/C18H19N3O2/c1-13(2)11-17(22)19-15-9-6-10-16(12-15)21-18(23)20-14-7-4-3-5-8-14/h3-12H,1-2H3,(H,19,22)(H2,20,21,23). The van der Waals surface area contributed by atoms with Gasteiger partial charge in [-0.05, 0) is 44.2 Å². The van der Waals surface area contributed by atoms with Crippen LogP contribution in [0.1, 0.15) is 13.8 Å². The Morgan fingerprint density at radius 2 is 1.35 bits per heavy atom. The molecule has 0 saturated heterocycles. The maximum Gasteiger partial charge on any atom is 0.323 e. The molecule has 3 N–H and O–H groups in total. The van der Waals surface area contributed by atoms with Gasteiger partial charge in [0.05, 0.1) is 0 Å². The molecular formula is C18H19N3O2. The topological polar surface area (TPSA) is 70.2 Å². The van der Waals surface area contributed by atoms with Gasteiger partial charge in [-0.3, -0.25) is 4.79 Å². The Balaban J connectivity index is 1.98. The number of allylic oxidation sites excluding steroid dienone is 1. The molecule has 23 heavy (non-hydrogen) atoms. The number of carbonyl (C=O) groups excluding carboxylic acids is 2. The number of amides is 3. The second-order valence-corrected chi connectivity index (χ2v) is 5.24. The molecule has 0 atom stereocenters. The van der Waals surface area contributed by atoms with E-state index in [1.54, 1.807) is 36.4 Å². The second kappa shape index (κ2) is 7.79. The van der Waals surface area contributed by atoms with E-state index in [4.69, 9.17) is 0 Å². The summed E-state index contributed by atoms with van der Waals surface area (Å²) in [5.74, 6) is -0.198. The fourth-order valence-electron chi connectivity index (χ4n) is 1.93. The number of para-hydroxylation sites is 1. The van der Waals surface area contributed by atoms with Crippen molar-refractivity contribution in [3.8, 4) is 0 Å². The first-order valence-corrected chi connectivity index (χ1v) is 7.22.